The van der Waals surface area contributed by atoms with Crippen LogP contribution in [0.15, 0.2) is 36.4 Å². The number of para-hydroxylation sites is 1. The molecule has 1 saturated heterocycles. The van der Waals surface area contributed by atoms with Crippen LogP contribution in [0.3, 0.4) is 0 Å². The molecule has 2 fully saturated rings. The Morgan fingerprint density at radius 3 is 2.34 bits per heavy atom. The minimum absolute atomic E-state index is 0.00426. The molecule has 0 bridgehead atoms. The Morgan fingerprint density at radius 1 is 0.927 bits per heavy atom. The van der Waals surface area contributed by atoms with Crippen LogP contribution in [0.25, 0.3) is 10.9 Å². The summed E-state index contributed by atoms with van der Waals surface area (Å²) in [6.07, 6.45) is 6.08. The van der Waals surface area contributed by atoms with E-state index < -0.39 is 47.0 Å². The van der Waals surface area contributed by atoms with Crippen LogP contribution < -0.4 is 21.3 Å². The summed E-state index contributed by atoms with van der Waals surface area (Å²) in [4.78, 5) is 69.9. The van der Waals surface area contributed by atoms with Gasteiger partial charge in [0.05, 0.1) is 11.6 Å². The second-order valence-electron chi connectivity index (χ2n) is 12.3. The number of hydrogen-bond acceptors (Lipinski definition) is 6. The molecule has 1 aromatic carbocycles. The van der Waals surface area contributed by atoms with E-state index in [0.717, 1.165) is 37.5 Å². The molecule has 1 saturated carbocycles. The van der Waals surface area contributed by atoms with Crippen molar-refractivity contribution in [1.82, 2.24) is 26.3 Å². The second kappa shape index (κ2) is 13.2. The Hall–Kier alpha value is -3.82. The van der Waals surface area contributed by atoms with Crippen molar-refractivity contribution in [2.45, 2.75) is 89.8 Å². The Kier molecular flexibility index (Phi) is 9.73. The van der Waals surface area contributed by atoms with E-state index >= 15 is 0 Å². The van der Waals surface area contributed by atoms with Crippen LogP contribution in [0.2, 0.25) is 0 Å². The number of fused-ring (bicyclic) bond motifs is 1. The zero-order valence-electron chi connectivity index (χ0n) is 24.1. The second-order valence-corrected chi connectivity index (χ2v) is 12.3. The fourth-order valence-electron chi connectivity index (χ4n) is 5.63. The molecule has 10 nitrogen and oxygen atoms in total. The molecule has 4 N–H and O–H groups in total. The van der Waals surface area contributed by atoms with E-state index in [2.05, 4.69) is 26.3 Å². The highest BCUT2D eigenvalue weighted by Gasteiger charge is 2.37. The molecule has 1 unspecified atom stereocenters. The van der Waals surface area contributed by atoms with Crippen molar-refractivity contribution < 1.29 is 24.0 Å². The van der Waals surface area contributed by atoms with Crippen LogP contribution >= 0.6 is 0 Å². The number of pyridine rings is 1. The highest BCUT2D eigenvalue weighted by Crippen LogP contribution is 2.28. The molecule has 1 aliphatic carbocycles. The van der Waals surface area contributed by atoms with Gasteiger partial charge in [-0.3, -0.25) is 24.0 Å². The van der Waals surface area contributed by atoms with Crippen molar-refractivity contribution in [3.05, 3.63) is 42.1 Å². The van der Waals surface area contributed by atoms with E-state index in [1.807, 2.05) is 30.3 Å². The zero-order chi connectivity index (χ0) is 29.6. The number of aromatic nitrogens is 1. The summed E-state index contributed by atoms with van der Waals surface area (Å²) in [5.41, 5.74) is 0.194. The molecule has 4 rings (SSSR count). The number of carbonyl (C=O) groups excluding carboxylic acids is 5. The third kappa shape index (κ3) is 8.34. The van der Waals surface area contributed by atoms with Gasteiger partial charge in [0.15, 0.2) is 0 Å². The maximum Gasteiger partial charge on any atom is 0.290 e. The largest absolute Gasteiger partial charge is 0.356 e. The zero-order valence-corrected chi connectivity index (χ0v) is 24.1. The number of benzene rings is 1. The van der Waals surface area contributed by atoms with Gasteiger partial charge >= 0.3 is 0 Å². The van der Waals surface area contributed by atoms with Gasteiger partial charge in [-0.1, -0.05) is 56.4 Å². The number of nitrogens with zero attached hydrogens (tertiary/aromatic N) is 1. The Labute approximate surface area is 240 Å². The molecule has 220 valence electrons. The molecule has 2 aromatic rings. The van der Waals surface area contributed by atoms with Crippen LogP contribution in [0, 0.1) is 11.8 Å². The highest BCUT2D eigenvalue weighted by molar-refractivity contribution is 6.38. The average Bonchev–Trinajstić information content (AvgIpc) is 3.35. The molecule has 10 heteroatoms. The number of hydrogen-bond donors (Lipinski definition) is 4. The summed E-state index contributed by atoms with van der Waals surface area (Å²) in [7, 11) is 0. The normalized spacial score (nSPS) is 19.2. The van der Waals surface area contributed by atoms with Crippen molar-refractivity contribution in [2.75, 3.05) is 6.54 Å². The number of ketones is 1. The van der Waals surface area contributed by atoms with Gasteiger partial charge in [0.25, 0.3) is 11.8 Å². The van der Waals surface area contributed by atoms with Crippen LogP contribution in [0.1, 0.15) is 82.6 Å². The average molecular weight is 564 g/mol. The first-order valence-electron chi connectivity index (χ1n) is 14.6. The standard InChI is InChI=1S/C31H41N5O5/c1-31(2,3)36-30(41)26(37)24(18-21-15-16-32-27(21)38)34-29(40)25(17-19-9-5-4-6-10-19)35-28(39)23-14-13-20-11-7-8-12-22(20)33-23/h7-8,11-14,19,21,24-25H,4-6,9-10,15-18H2,1-3H3,(H,32,38)(H,34,40)(H,35,39)(H,36,41)/t21-,24?,25-/m0/s1. The number of amides is 4. The summed E-state index contributed by atoms with van der Waals surface area (Å²) >= 11 is 0. The van der Waals surface area contributed by atoms with Crippen molar-refractivity contribution in [1.29, 1.82) is 0 Å². The van der Waals surface area contributed by atoms with Gasteiger partial charge in [0.1, 0.15) is 11.7 Å². The van der Waals surface area contributed by atoms with Crippen molar-refractivity contribution in [3.63, 3.8) is 0 Å². The van der Waals surface area contributed by atoms with Gasteiger partial charge < -0.3 is 21.3 Å². The fraction of sp³-hybridized carbons (Fsp3) is 0.548. The summed E-state index contributed by atoms with van der Waals surface area (Å²) in [5, 5.41) is 11.9. The maximum absolute atomic E-state index is 13.7. The van der Waals surface area contributed by atoms with Gasteiger partial charge in [-0.15, -0.1) is 0 Å². The van der Waals surface area contributed by atoms with E-state index in [-0.39, 0.29) is 23.9 Å². The summed E-state index contributed by atoms with van der Waals surface area (Å²) in [5.74, 6) is -3.15. The first-order chi connectivity index (χ1) is 19.5. The molecule has 1 aromatic heterocycles. The van der Waals surface area contributed by atoms with Crippen LogP contribution in [-0.4, -0.2) is 58.6 Å². The summed E-state index contributed by atoms with van der Waals surface area (Å²) in [6, 6.07) is 8.74. The topological polar surface area (TPSA) is 146 Å². The molecular weight excluding hydrogens is 522 g/mol. The third-order valence-electron chi connectivity index (χ3n) is 7.77. The number of rotatable bonds is 10. The quantitative estimate of drug-likeness (QED) is 0.327. The molecule has 3 atom stereocenters. The predicted octanol–water partition coefficient (Wildman–Crippen LogP) is 2.80. The van der Waals surface area contributed by atoms with Crippen molar-refractivity contribution in [2.24, 2.45) is 11.8 Å². The third-order valence-corrected chi connectivity index (χ3v) is 7.77. The first kappa shape index (κ1) is 30.1. The Morgan fingerprint density at radius 2 is 1.66 bits per heavy atom. The summed E-state index contributed by atoms with van der Waals surface area (Å²) in [6.45, 7) is 5.75. The lowest BCUT2D eigenvalue weighted by Gasteiger charge is -2.28. The smallest absolute Gasteiger partial charge is 0.290 e. The minimum atomic E-state index is -1.21. The van der Waals surface area contributed by atoms with Gasteiger partial charge in [-0.05, 0) is 58.1 Å². The predicted molar refractivity (Wildman–Crippen MR) is 155 cm³/mol. The lowest BCUT2D eigenvalue weighted by molar-refractivity contribution is -0.141. The minimum Gasteiger partial charge on any atom is -0.356 e. The van der Waals surface area contributed by atoms with E-state index in [0.29, 0.717) is 24.9 Å². The van der Waals surface area contributed by atoms with E-state index in [4.69, 9.17) is 0 Å². The molecule has 1 aliphatic heterocycles. The van der Waals surface area contributed by atoms with E-state index in [1.54, 1.807) is 26.8 Å². The molecule has 0 radical (unpaired) electrons. The molecule has 2 aliphatic rings. The summed E-state index contributed by atoms with van der Waals surface area (Å²) < 4.78 is 0. The van der Waals surface area contributed by atoms with Gasteiger partial charge in [0.2, 0.25) is 17.6 Å². The maximum atomic E-state index is 13.7. The van der Waals surface area contributed by atoms with Crippen LogP contribution in [0.5, 0.6) is 0 Å². The molecule has 4 amide bonds. The molecular formula is C31H41N5O5. The van der Waals surface area contributed by atoms with Gasteiger partial charge in [-0.25, -0.2) is 4.98 Å². The fourth-order valence-corrected chi connectivity index (χ4v) is 5.63. The molecule has 2 heterocycles. The SMILES string of the molecule is CC(C)(C)NC(=O)C(=O)C(C[C@@H]1CCNC1=O)NC(=O)[C@H](CC1CCCCC1)NC(=O)c1ccc2ccccc2n1. The van der Waals surface area contributed by atoms with Crippen molar-refractivity contribution in [3.8, 4) is 0 Å². The lowest BCUT2D eigenvalue weighted by atomic mass is 9.84. The number of nitrogens with one attached hydrogen (secondary N) is 4. The highest BCUT2D eigenvalue weighted by atomic mass is 16.2. The van der Waals surface area contributed by atoms with E-state index in [9.17, 15) is 24.0 Å². The molecule has 0 spiro atoms. The Bertz CT molecular complexity index is 1300. The Balaban J connectivity index is 1.54. The molecule has 41 heavy (non-hydrogen) atoms. The van der Waals surface area contributed by atoms with Gasteiger partial charge in [-0.2, -0.15) is 0 Å². The van der Waals surface area contributed by atoms with Crippen LogP contribution in [0.4, 0.5) is 0 Å². The number of Topliss-reactive ketones (excluding diaryl/α,β-unsaturated/α-hetero) is 1. The monoisotopic (exact) mass is 563 g/mol. The van der Waals surface area contributed by atoms with Gasteiger partial charge in [0, 0.05) is 23.4 Å². The van der Waals surface area contributed by atoms with Crippen molar-refractivity contribution >= 4 is 40.3 Å². The van der Waals surface area contributed by atoms with E-state index in [1.165, 1.54) is 0 Å². The first-order valence-corrected chi connectivity index (χ1v) is 14.6. The van der Waals surface area contributed by atoms with Crippen LogP contribution in [-0.2, 0) is 19.2 Å². The number of carbonyl (C=O) groups is 5. The lowest BCUT2D eigenvalue weighted by Crippen LogP contribution is -2.56.